The largest absolute Gasteiger partial charge is 0.478 e. The van der Waals surface area contributed by atoms with E-state index in [1.165, 1.54) is 23.2 Å². The molecule has 8 heteroatoms. The predicted molar refractivity (Wildman–Crippen MR) is 139 cm³/mol. The second-order valence-corrected chi connectivity index (χ2v) is 10.6. The highest BCUT2D eigenvalue weighted by molar-refractivity contribution is 6.31. The van der Waals surface area contributed by atoms with Crippen molar-refractivity contribution in [3.63, 3.8) is 0 Å². The lowest BCUT2D eigenvalue weighted by Crippen LogP contribution is -2.55. The molecule has 1 atom stereocenters. The molecule has 1 aromatic heterocycles. The Hall–Kier alpha value is -2.57. The average Bonchev–Trinajstić information content (AvgIpc) is 2.72. The first kappa shape index (κ1) is 27.7. The van der Waals surface area contributed by atoms with Crippen LogP contribution in [0.2, 0.25) is 5.02 Å². The lowest BCUT2D eigenvalue weighted by Gasteiger charge is -2.42. The van der Waals surface area contributed by atoms with Gasteiger partial charge in [-0.3, -0.25) is 4.90 Å². The van der Waals surface area contributed by atoms with Crippen molar-refractivity contribution in [1.29, 1.82) is 0 Å². The van der Waals surface area contributed by atoms with Crippen molar-refractivity contribution >= 4 is 41.8 Å². The van der Waals surface area contributed by atoms with Crippen LogP contribution >= 0.6 is 24.0 Å². The molecule has 6 nitrogen and oxygen atoms in total. The van der Waals surface area contributed by atoms with Gasteiger partial charge in [-0.2, -0.15) is 0 Å². The number of hydrogen-bond donors (Lipinski definition) is 2. The number of nitrogens with zero attached hydrogens (tertiary/aromatic N) is 2. The van der Waals surface area contributed by atoms with Gasteiger partial charge in [-0.15, -0.1) is 12.4 Å². The Morgan fingerprint density at radius 3 is 2.41 bits per heavy atom. The van der Waals surface area contributed by atoms with E-state index in [1.54, 1.807) is 6.20 Å². The highest BCUT2D eigenvalue weighted by atomic mass is 35.5. The lowest BCUT2D eigenvalue weighted by molar-refractivity contribution is 0.0696. The minimum absolute atomic E-state index is 0. The van der Waals surface area contributed by atoms with Crippen LogP contribution < -0.4 is 10.2 Å². The maximum absolute atomic E-state index is 13.1. The van der Waals surface area contributed by atoms with E-state index < -0.39 is 11.5 Å². The van der Waals surface area contributed by atoms with Gasteiger partial charge >= 0.3 is 12.0 Å². The molecule has 0 spiro atoms. The van der Waals surface area contributed by atoms with Gasteiger partial charge < -0.3 is 10.4 Å². The molecule has 0 bridgehead atoms. The molecule has 2 heterocycles. The molecule has 0 aliphatic carbocycles. The Labute approximate surface area is 212 Å². The number of halogens is 2. The standard InChI is InChI=1S/C26H32ClN3O3.ClH/c1-16(2)20-15-30(22-10-8-18(14-28-22)23(31)32)24(33)29-26(20,6)19-9-7-17(21(27)13-19)11-12-25(3,4)5;/h7-10,13-16H,11-12H2,1-6H3,(H,29,33)(H,31,32);1H/t26-;/m0./s1. The number of aryl methyl sites for hydroxylation is 1. The van der Waals surface area contributed by atoms with Crippen LogP contribution in [0.4, 0.5) is 10.6 Å². The van der Waals surface area contributed by atoms with Crippen molar-refractivity contribution in [2.24, 2.45) is 11.3 Å². The Morgan fingerprint density at radius 2 is 1.91 bits per heavy atom. The fraction of sp³-hybridized carbons (Fsp3) is 0.423. The first-order chi connectivity index (χ1) is 15.3. The summed E-state index contributed by atoms with van der Waals surface area (Å²) in [7, 11) is 0. The zero-order valence-corrected chi connectivity index (χ0v) is 22.0. The number of anilines is 1. The number of carbonyl (C=O) groups is 2. The van der Waals surface area contributed by atoms with E-state index >= 15 is 0 Å². The third-order valence-electron chi connectivity index (χ3n) is 6.06. The van der Waals surface area contributed by atoms with E-state index in [-0.39, 0.29) is 35.3 Å². The van der Waals surface area contributed by atoms with Gasteiger partial charge in [-0.1, -0.05) is 58.4 Å². The third kappa shape index (κ3) is 5.91. The molecule has 2 N–H and O–H groups in total. The summed E-state index contributed by atoms with van der Waals surface area (Å²) in [6.07, 6.45) is 4.97. The zero-order chi connectivity index (χ0) is 24.6. The Bertz CT molecular complexity index is 1090. The summed E-state index contributed by atoms with van der Waals surface area (Å²) in [5.74, 6) is -0.588. The third-order valence-corrected chi connectivity index (χ3v) is 6.41. The van der Waals surface area contributed by atoms with Crippen molar-refractivity contribution in [3.8, 4) is 0 Å². The minimum atomic E-state index is -1.06. The number of pyridine rings is 1. The molecule has 2 aromatic rings. The molecule has 34 heavy (non-hydrogen) atoms. The summed E-state index contributed by atoms with van der Waals surface area (Å²) < 4.78 is 0. The number of carboxylic acids is 1. The Balaban J connectivity index is 0.00000408. The Kier molecular flexibility index (Phi) is 8.43. The van der Waals surface area contributed by atoms with Crippen LogP contribution in [0.5, 0.6) is 0 Å². The smallest absolute Gasteiger partial charge is 0.337 e. The normalized spacial score (nSPS) is 18.3. The topological polar surface area (TPSA) is 82.5 Å². The molecule has 1 aliphatic rings. The number of carbonyl (C=O) groups excluding carboxylic acids is 1. The van der Waals surface area contributed by atoms with Gasteiger partial charge in [0.15, 0.2) is 0 Å². The van der Waals surface area contributed by atoms with Gasteiger partial charge in [-0.05, 0) is 66.0 Å². The van der Waals surface area contributed by atoms with Crippen LogP contribution in [0.1, 0.15) is 69.4 Å². The molecule has 0 unspecified atom stereocenters. The quantitative estimate of drug-likeness (QED) is 0.451. The van der Waals surface area contributed by atoms with Gasteiger partial charge in [0, 0.05) is 17.4 Å². The maximum atomic E-state index is 13.1. The average molecular weight is 506 g/mol. The molecule has 0 saturated heterocycles. The van der Waals surface area contributed by atoms with E-state index in [1.807, 2.05) is 19.1 Å². The summed E-state index contributed by atoms with van der Waals surface area (Å²) in [5.41, 5.74) is 2.54. The summed E-state index contributed by atoms with van der Waals surface area (Å²) in [5, 5.41) is 12.9. The van der Waals surface area contributed by atoms with Gasteiger partial charge in [-0.25, -0.2) is 14.6 Å². The number of carboxylic acid groups (broad SMARTS) is 1. The summed E-state index contributed by atoms with van der Waals surface area (Å²) in [6.45, 7) is 12.8. The van der Waals surface area contributed by atoms with Crippen LogP contribution in [0.25, 0.3) is 0 Å². The van der Waals surface area contributed by atoms with Crippen molar-refractivity contribution in [2.45, 2.75) is 59.9 Å². The summed E-state index contributed by atoms with van der Waals surface area (Å²) in [6, 6.07) is 8.66. The molecular weight excluding hydrogens is 473 g/mol. The highest BCUT2D eigenvalue weighted by Gasteiger charge is 2.40. The fourth-order valence-corrected chi connectivity index (χ4v) is 4.31. The zero-order valence-electron chi connectivity index (χ0n) is 20.5. The number of nitrogens with one attached hydrogen (secondary N) is 1. The van der Waals surface area contributed by atoms with Crippen LogP contribution in [0.15, 0.2) is 48.3 Å². The highest BCUT2D eigenvalue weighted by Crippen LogP contribution is 2.39. The molecule has 0 saturated carbocycles. The van der Waals surface area contributed by atoms with E-state index in [2.05, 4.69) is 51.0 Å². The number of aromatic carboxylic acids is 1. The van der Waals surface area contributed by atoms with E-state index in [9.17, 15) is 9.59 Å². The first-order valence-electron chi connectivity index (χ1n) is 11.1. The SMILES string of the molecule is CC(C)C1=CN(c2ccc(C(=O)O)cn2)C(=O)N[C@@]1(C)c1ccc(CCC(C)(C)C)c(Cl)c1.Cl. The number of amides is 2. The summed E-state index contributed by atoms with van der Waals surface area (Å²) >= 11 is 6.67. The number of hydrogen-bond acceptors (Lipinski definition) is 3. The molecular formula is C26H33Cl2N3O3. The summed E-state index contributed by atoms with van der Waals surface area (Å²) in [4.78, 5) is 29.8. The van der Waals surface area contributed by atoms with Crippen LogP contribution in [-0.4, -0.2) is 22.1 Å². The molecule has 1 aliphatic heterocycles. The molecule has 1 aromatic carbocycles. The Morgan fingerprint density at radius 1 is 1.24 bits per heavy atom. The van der Waals surface area contributed by atoms with Crippen molar-refractivity contribution < 1.29 is 14.7 Å². The number of urea groups is 1. The van der Waals surface area contributed by atoms with E-state index in [0.29, 0.717) is 10.8 Å². The van der Waals surface area contributed by atoms with Gasteiger partial charge in [0.25, 0.3) is 0 Å². The van der Waals surface area contributed by atoms with Crippen LogP contribution in [0, 0.1) is 11.3 Å². The minimum Gasteiger partial charge on any atom is -0.478 e. The van der Waals surface area contributed by atoms with Crippen molar-refractivity contribution in [3.05, 3.63) is 70.0 Å². The van der Waals surface area contributed by atoms with Crippen molar-refractivity contribution in [1.82, 2.24) is 10.3 Å². The van der Waals surface area contributed by atoms with Crippen LogP contribution in [-0.2, 0) is 12.0 Å². The monoisotopic (exact) mass is 505 g/mol. The maximum Gasteiger partial charge on any atom is 0.337 e. The van der Waals surface area contributed by atoms with E-state index in [4.69, 9.17) is 16.7 Å². The molecule has 3 rings (SSSR count). The molecule has 184 valence electrons. The molecule has 0 radical (unpaired) electrons. The second-order valence-electron chi connectivity index (χ2n) is 10.2. The number of aromatic nitrogens is 1. The van der Waals surface area contributed by atoms with Gasteiger partial charge in [0.1, 0.15) is 5.82 Å². The predicted octanol–water partition coefficient (Wildman–Crippen LogP) is 6.82. The van der Waals surface area contributed by atoms with E-state index in [0.717, 1.165) is 29.5 Å². The second kappa shape index (κ2) is 10.4. The molecule has 2 amide bonds. The number of rotatable bonds is 6. The van der Waals surface area contributed by atoms with Crippen LogP contribution in [0.3, 0.4) is 0 Å². The van der Waals surface area contributed by atoms with Gasteiger partial charge in [0.05, 0.1) is 11.1 Å². The number of benzene rings is 1. The fourth-order valence-electron chi connectivity index (χ4n) is 4.03. The lowest BCUT2D eigenvalue weighted by atomic mass is 9.78. The first-order valence-corrected chi connectivity index (χ1v) is 11.5. The van der Waals surface area contributed by atoms with Gasteiger partial charge in [0.2, 0.25) is 0 Å². The van der Waals surface area contributed by atoms with Crippen molar-refractivity contribution in [2.75, 3.05) is 4.90 Å². The molecule has 0 fully saturated rings.